The molecule has 0 aromatic carbocycles. The first-order valence-corrected chi connectivity index (χ1v) is 6.49. The average Bonchev–Trinajstić information content (AvgIpc) is 2.86. The second-order valence-corrected chi connectivity index (χ2v) is 4.69. The number of nitrogen functional groups attached to an aromatic ring is 1. The maximum absolute atomic E-state index is 5.32. The van der Waals surface area contributed by atoms with E-state index in [4.69, 9.17) is 5.84 Å². The van der Waals surface area contributed by atoms with Crippen molar-refractivity contribution in [2.45, 2.75) is 25.8 Å². The summed E-state index contributed by atoms with van der Waals surface area (Å²) >= 11 is 0. The molecule has 6 heteroatoms. The molecule has 0 spiro atoms. The third-order valence-electron chi connectivity index (χ3n) is 3.55. The number of hydrogen-bond donors (Lipinski definition) is 2. The molecule has 0 saturated carbocycles. The van der Waals surface area contributed by atoms with Crippen LogP contribution in [-0.2, 0) is 0 Å². The van der Waals surface area contributed by atoms with E-state index in [0.717, 1.165) is 18.9 Å². The Labute approximate surface area is 108 Å². The number of likely N-dealkylation sites (N-methyl/N-ethyl adjacent to an activating group) is 2. The number of aromatic nitrogens is 2. The summed E-state index contributed by atoms with van der Waals surface area (Å²) in [4.78, 5) is 13.1. The monoisotopic (exact) mass is 250 g/mol. The van der Waals surface area contributed by atoms with Gasteiger partial charge in [-0.2, -0.15) is 4.98 Å². The fourth-order valence-corrected chi connectivity index (χ4v) is 2.56. The third-order valence-corrected chi connectivity index (χ3v) is 3.55. The molecule has 2 rings (SSSR count). The molecule has 100 valence electrons. The van der Waals surface area contributed by atoms with Crippen LogP contribution >= 0.6 is 0 Å². The first kappa shape index (κ1) is 13.0. The fraction of sp³-hybridized carbons (Fsp3) is 0.667. The molecular weight excluding hydrogens is 228 g/mol. The second kappa shape index (κ2) is 5.97. The number of hydrogen-bond acceptors (Lipinski definition) is 6. The molecule has 0 bridgehead atoms. The van der Waals surface area contributed by atoms with Crippen molar-refractivity contribution in [1.29, 1.82) is 0 Å². The van der Waals surface area contributed by atoms with Gasteiger partial charge in [0.15, 0.2) is 0 Å². The van der Waals surface area contributed by atoms with Crippen LogP contribution in [0.2, 0.25) is 0 Å². The largest absolute Gasteiger partial charge is 0.358 e. The number of hydrazine groups is 1. The zero-order valence-electron chi connectivity index (χ0n) is 11.1. The normalized spacial score (nSPS) is 20.1. The van der Waals surface area contributed by atoms with Gasteiger partial charge in [-0.05, 0) is 32.0 Å². The van der Waals surface area contributed by atoms with E-state index in [0.29, 0.717) is 12.0 Å². The van der Waals surface area contributed by atoms with Gasteiger partial charge in [0.2, 0.25) is 5.95 Å². The van der Waals surface area contributed by atoms with Crippen LogP contribution in [0.4, 0.5) is 11.8 Å². The van der Waals surface area contributed by atoms with Crippen molar-refractivity contribution in [3.63, 3.8) is 0 Å². The van der Waals surface area contributed by atoms with Crippen LogP contribution in [-0.4, -0.2) is 47.6 Å². The molecule has 0 radical (unpaired) electrons. The Balaban J connectivity index is 2.00. The smallest absolute Gasteiger partial charge is 0.239 e. The van der Waals surface area contributed by atoms with E-state index >= 15 is 0 Å². The highest BCUT2D eigenvalue weighted by Gasteiger charge is 2.24. The lowest BCUT2D eigenvalue weighted by atomic mass is 10.2. The molecule has 1 saturated heterocycles. The summed E-state index contributed by atoms with van der Waals surface area (Å²) in [5.41, 5.74) is 2.48. The summed E-state index contributed by atoms with van der Waals surface area (Å²) in [5.74, 6) is 6.68. The minimum Gasteiger partial charge on any atom is -0.358 e. The zero-order chi connectivity index (χ0) is 13.0. The molecule has 6 nitrogen and oxygen atoms in total. The molecule has 1 unspecified atom stereocenters. The van der Waals surface area contributed by atoms with Gasteiger partial charge in [-0.15, -0.1) is 0 Å². The van der Waals surface area contributed by atoms with E-state index in [2.05, 4.69) is 39.2 Å². The first-order valence-electron chi connectivity index (χ1n) is 6.49. The number of nitrogens with two attached hydrogens (primary N) is 1. The maximum atomic E-state index is 5.32. The second-order valence-electron chi connectivity index (χ2n) is 4.69. The van der Waals surface area contributed by atoms with Crippen molar-refractivity contribution in [3.05, 3.63) is 12.3 Å². The van der Waals surface area contributed by atoms with Crippen LogP contribution in [0, 0.1) is 0 Å². The van der Waals surface area contributed by atoms with Crippen molar-refractivity contribution in [2.24, 2.45) is 5.84 Å². The number of nitrogens with zero attached hydrogens (tertiary/aromatic N) is 4. The third kappa shape index (κ3) is 2.88. The number of likely N-dealkylation sites (tertiary alicyclic amines) is 1. The van der Waals surface area contributed by atoms with Crippen molar-refractivity contribution < 1.29 is 0 Å². The Hall–Kier alpha value is -1.40. The molecule has 0 amide bonds. The van der Waals surface area contributed by atoms with E-state index in [-0.39, 0.29) is 0 Å². The summed E-state index contributed by atoms with van der Waals surface area (Å²) in [6.45, 7) is 5.56. The quantitative estimate of drug-likeness (QED) is 0.591. The van der Waals surface area contributed by atoms with Crippen LogP contribution in [0.3, 0.4) is 0 Å². The predicted octanol–water partition coefficient (Wildman–Crippen LogP) is 0.683. The lowest BCUT2D eigenvalue weighted by molar-refractivity contribution is 0.270. The Kier molecular flexibility index (Phi) is 4.33. The van der Waals surface area contributed by atoms with Gasteiger partial charge < -0.3 is 4.90 Å². The highest BCUT2D eigenvalue weighted by Crippen LogP contribution is 2.19. The molecule has 1 aromatic rings. The van der Waals surface area contributed by atoms with Gasteiger partial charge in [0.05, 0.1) is 0 Å². The van der Waals surface area contributed by atoms with E-state index < -0.39 is 0 Å². The highest BCUT2D eigenvalue weighted by molar-refractivity contribution is 5.41. The van der Waals surface area contributed by atoms with Crippen molar-refractivity contribution in [3.8, 4) is 0 Å². The Bertz CT molecular complexity index is 383. The Morgan fingerprint density at radius 2 is 2.44 bits per heavy atom. The summed E-state index contributed by atoms with van der Waals surface area (Å²) < 4.78 is 0. The van der Waals surface area contributed by atoms with E-state index in [1.807, 2.05) is 6.07 Å². The molecule has 18 heavy (non-hydrogen) atoms. The molecule has 3 N–H and O–H groups in total. The SMILES string of the molecule is CCN1CCCC1CN(C)c1ccnc(NN)n1. The maximum Gasteiger partial charge on any atom is 0.239 e. The van der Waals surface area contributed by atoms with Gasteiger partial charge in [0.25, 0.3) is 0 Å². The molecule has 1 fully saturated rings. The molecule has 1 aliphatic heterocycles. The number of rotatable bonds is 5. The standard InChI is InChI=1S/C12H22N6/c1-3-18-8-4-5-10(18)9-17(2)11-6-7-14-12(15-11)16-13/h6-7,10H,3-5,8-9,13H2,1-2H3,(H,14,15,16). The minimum atomic E-state index is 0.457. The lowest BCUT2D eigenvalue weighted by Gasteiger charge is -2.28. The summed E-state index contributed by atoms with van der Waals surface area (Å²) in [6, 6.07) is 2.54. The molecular formula is C12H22N6. The molecule has 1 aliphatic rings. The summed E-state index contributed by atoms with van der Waals surface area (Å²) in [7, 11) is 2.06. The van der Waals surface area contributed by atoms with Crippen LogP contribution < -0.4 is 16.2 Å². The van der Waals surface area contributed by atoms with Gasteiger partial charge in [0, 0.05) is 25.8 Å². The van der Waals surface area contributed by atoms with Gasteiger partial charge in [-0.3, -0.25) is 10.3 Å². The van der Waals surface area contributed by atoms with E-state index in [1.165, 1.54) is 19.4 Å². The molecule has 2 heterocycles. The van der Waals surface area contributed by atoms with Crippen molar-refractivity contribution in [1.82, 2.24) is 14.9 Å². The molecule has 0 aliphatic carbocycles. The molecule has 1 aromatic heterocycles. The topological polar surface area (TPSA) is 70.3 Å². The van der Waals surface area contributed by atoms with Crippen molar-refractivity contribution in [2.75, 3.05) is 37.0 Å². The minimum absolute atomic E-state index is 0.457. The van der Waals surface area contributed by atoms with Gasteiger partial charge in [-0.1, -0.05) is 6.92 Å². The number of nitrogens with one attached hydrogen (secondary N) is 1. The van der Waals surface area contributed by atoms with E-state index in [1.54, 1.807) is 6.20 Å². The van der Waals surface area contributed by atoms with Crippen LogP contribution in [0.25, 0.3) is 0 Å². The van der Waals surface area contributed by atoms with Crippen LogP contribution in [0.1, 0.15) is 19.8 Å². The van der Waals surface area contributed by atoms with Crippen LogP contribution in [0.15, 0.2) is 12.3 Å². The van der Waals surface area contributed by atoms with Crippen LogP contribution in [0.5, 0.6) is 0 Å². The van der Waals surface area contributed by atoms with Gasteiger partial charge in [-0.25, -0.2) is 10.8 Å². The molecule has 1 atom stereocenters. The van der Waals surface area contributed by atoms with Crippen molar-refractivity contribution >= 4 is 11.8 Å². The van der Waals surface area contributed by atoms with Gasteiger partial charge >= 0.3 is 0 Å². The summed E-state index contributed by atoms with van der Waals surface area (Å²) in [5, 5.41) is 0. The Morgan fingerprint density at radius 3 is 3.17 bits per heavy atom. The Morgan fingerprint density at radius 1 is 1.61 bits per heavy atom. The number of anilines is 2. The average molecular weight is 250 g/mol. The zero-order valence-corrected chi connectivity index (χ0v) is 11.1. The highest BCUT2D eigenvalue weighted by atomic mass is 15.3. The summed E-state index contributed by atoms with van der Waals surface area (Å²) in [6.07, 6.45) is 4.29. The van der Waals surface area contributed by atoms with E-state index in [9.17, 15) is 0 Å². The fourth-order valence-electron chi connectivity index (χ4n) is 2.56. The lowest BCUT2D eigenvalue weighted by Crippen LogP contribution is -2.39. The predicted molar refractivity (Wildman–Crippen MR) is 73.4 cm³/mol. The van der Waals surface area contributed by atoms with Gasteiger partial charge in [0.1, 0.15) is 5.82 Å². The first-order chi connectivity index (χ1) is 8.74.